The topological polar surface area (TPSA) is 50.8 Å². The minimum atomic E-state index is -0.357. The summed E-state index contributed by atoms with van der Waals surface area (Å²) in [4.78, 5) is 16.1. The molecule has 36 heavy (non-hydrogen) atoms. The molecule has 188 valence electrons. The van der Waals surface area contributed by atoms with Crippen molar-refractivity contribution in [2.24, 2.45) is 0 Å². The maximum absolute atomic E-state index is 13.7. The number of hydrogen-bond acceptors (Lipinski definition) is 4. The van der Waals surface area contributed by atoms with Crippen LogP contribution >= 0.6 is 0 Å². The molecule has 5 nitrogen and oxygen atoms in total. The van der Waals surface area contributed by atoms with Crippen LogP contribution in [0.4, 0.5) is 0 Å². The summed E-state index contributed by atoms with van der Waals surface area (Å²) in [5, 5.41) is 3.29. The van der Waals surface area contributed by atoms with Gasteiger partial charge in [-0.2, -0.15) is 0 Å². The minimum absolute atomic E-state index is 0.0193. The second-order valence-electron chi connectivity index (χ2n) is 10.1. The van der Waals surface area contributed by atoms with Crippen molar-refractivity contribution >= 4 is 5.91 Å². The van der Waals surface area contributed by atoms with Gasteiger partial charge in [-0.15, -0.1) is 0 Å². The van der Waals surface area contributed by atoms with Crippen molar-refractivity contribution in [3.63, 3.8) is 0 Å². The van der Waals surface area contributed by atoms with Crippen molar-refractivity contribution in [3.05, 3.63) is 94.0 Å². The summed E-state index contributed by atoms with van der Waals surface area (Å²) < 4.78 is 11.3. The van der Waals surface area contributed by atoms with E-state index >= 15 is 0 Å². The molecule has 1 fully saturated rings. The number of rotatable bonds is 8. The van der Waals surface area contributed by atoms with E-state index in [2.05, 4.69) is 66.5 Å². The van der Waals surface area contributed by atoms with Gasteiger partial charge in [-0.25, -0.2) is 0 Å². The van der Waals surface area contributed by atoms with Gasteiger partial charge in [-0.1, -0.05) is 48.5 Å². The third kappa shape index (κ3) is 4.98. The number of methoxy groups -OCH3 is 2. The first-order valence-corrected chi connectivity index (χ1v) is 12.9. The molecule has 1 saturated carbocycles. The molecule has 5 heteroatoms. The van der Waals surface area contributed by atoms with Crippen LogP contribution in [0.1, 0.15) is 58.3 Å². The van der Waals surface area contributed by atoms with Gasteiger partial charge in [-0.3, -0.25) is 9.69 Å². The molecule has 1 N–H and O–H groups in total. The SMILES string of the molecule is COc1cc2c(cc1OC)[C@H](Cc1ccc(C)c(C)c1)N([C@@H](C(=O)NC1CC1)c1ccccc1)CC2. The molecule has 0 unspecified atom stereocenters. The summed E-state index contributed by atoms with van der Waals surface area (Å²) >= 11 is 0. The smallest absolute Gasteiger partial charge is 0.242 e. The van der Waals surface area contributed by atoms with Gasteiger partial charge < -0.3 is 14.8 Å². The van der Waals surface area contributed by atoms with Crippen LogP contribution in [-0.4, -0.2) is 37.6 Å². The standard InChI is InChI=1S/C31H36N2O3/c1-20-10-11-22(16-21(20)2)17-27-26-19-29(36-4)28(35-3)18-24(26)14-15-33(27)30(23-8-6-5-7-9-23)31(34)32-25-12-13-25/h5-11,16,18-19,25,27,30H,12-15,17H2,1-4H3,(H,32,34)/t27-,30+/m0/s1. The summed E-state index contributed by atoms with van der Waals surface area (Å²) in [6.07, 6.45) is 3.79. The predicted molar refractivity (Wildman–Crippen MR) is 143 cm³/mol. The van der Waals surface area contributed by atoms with Gasteiger partial charge in [0.2, 0.25) is 5.91 Å². The molecule has 1 aliphatic carbocycles. The van der Waals surface area contributed by atoms with E-state index in [1.807, 2.05) is 18.2 Å². The molecule has 2 atom stereocenters. The second kappa shape index (κ2) is 10.4. The van der Waals surface area contributed by atoms with E-state index in [-0.39, 0.29) is 18.0 Å². The molecule has 0 radical (unpaired) electrons. The normalized spacial score (nSPS) is 18.3. The van der Waals surface area contributed by atoms with Crippen molar-refractivity contribution < 1.29 is 14.3 Å². The molecule has 5 rings (SSSR count). The van der Waals surface area contributed by atoms with Gasteiger partial charge in [0.25, 0.3) is 0 Å². The van der Waals surface area contributed by atoms with Gasteiger partial charge >= 0.3 is 0 Å². The fourth-order valence-electron chi connectivity index (χ4n) is 5.37. The Balaban J connectivity index is 1.60. The van der Waals surface area contributed by atoms with E-state index in [4.69, 9.17) is 9.47 Å². The Labute approximate surface area is 214 Å². The average Bonchev–Trinajstić information content (AvgIpc) is 3.71. The van der Waals surface area contributed by atoms with Crippen molar-refractivity contribution in [3.8, 4) is 11.5 Å². The molecule has 0 aromatic heterocycles. The Hall–Kier alpha value is -3.31. The van der Waals surface area contributed by atoms with Gasteiger partial charge in [0.1, 0.15) is 6.04 Å². The quantitative estimate of drug-likeness (QED) is 0.460. The number of carbonyl (C=O) groups is 1. The molecule has 1 aliphatic heterocycles. The van der Waals surface area contributed by atoms with E-state index in [9.17, 15) is 4.79 Å². The molecule has 1 heterocycles. The molecular formula is C31H36N2O3. The van der Waals surface area contributed by atoms with Crippen LogP contribution in [0.5, 0.6) is 11.5 Å². The zero-order valence-electron chi connectivity index (χ0n) is 21.7. The number of carbonyl (C=O) groups excluding carboxylic acids is 1. The number of aryl methyl sites for hydroxylation is 2. The Morgan fingerprint density at radius 3 is 2.36 bits per heavy atom. The summed E-state index contributed by atoms with van der Waals surface area (Å²) in [5.41, 5.74) is 7.34. The average molecular weight is 485 g/mol. The maximum Gasteiger partial charge on any atom is 0.242 e. The number of fused-ring (bicyclic) bond motifs is 1. The summed E-state index contributed by atoms with van der Waals surface area (Å²) in [5.74, 6) is 1.57. The Bertz CT molecular complexity index is 1240. The van der Waals surface area contributed by atoms with Gasteiger partial charge in [0, 0.05) is 18.6 Å². The monoisotopic (exact) mass is 484 g/mol. The van der Waals surface area contributed by atoms with E-state index in [1.165, 1.54) is 27.8 Å². The molecule has 2 aliphatic rings. The van der Waals surface area contributed by atoms with Crippen molar-refractivity contribution in [2.45, 2.75) is 57.7 Å². The number of amides is 1. The lowest BCUT2D eigenvalue weighted by atomic mass is 9.85. The predicted octanol–water partition coefficient (Wildman–Crippen LogP) is 5.48. The zero-order valence-corrected chi connectivity index (χ0v) is 21.7. The molecule has 0 spiro atoms. The van der Waals surface area contributed by atoms with E-state index in [0.717, 1.165) is 49.3 Å². The first-order chi connectivity index (χ1) is 17.5. The van der Waals surface area contributed by atoms with E-state index < -0.39 is 0 Å². The minimum Gasteiger partial charge on any atom is -0.493 e. The Morgan fingerprint density at radius 1 is 0.972 bits per heavy atom. The first kappa shape index (κ1) is 24.4. The highest BCUT2D eigenvalue weighted by Gasteiger charge is 2.39. The maximum atomic E-state index is 13.7. The summed E-state index contributed by atoms with van der Waals surface area (Å²) in [6.45, 7) is 5.09. The third-order valence-electron chi connectivity index (χ3n) is 7.66. The lowest BCUT2D eigenvalue weighted by molar-refractivity contribution is -0.128. The van der Waals surface area contributed by atoms with Crippen molar-refractivity contribution in [1.82, 2.24) is 10.2 Å². The van der Waals surface area contributed by atoms with E-state index in [1.54, 1.807) is 14.2 Å². The number of ether oxygens (including phenoxy) is 2. The molecular weight excluding hydrogens is 448 g/mol. The summed E-state index contributed by atoms with van der Waals surface area (Å²) in [6, 6.07) is 21.1. The summed E-state index contributed by atoms with van der Waals surface area (Å²) in [7, 11) is 3.36. The fraction of sp³-hybridized carbons (Fsp3) is 0.387. The van der Waals surface area contributed by atoms with Crippen LogP contribution < -0.4 is 14.8 Å². The van der Waals surface area contributed by atoms with Gasteiger partial charge in [0.05, 0.1) is 14.2 Å². The number of nitrogens with zero attached hydrogens (tertiary/aromatic N) is 1. The van der Waals surface area contributed by atoms with Gasteiger partial charge in [-0.05, 0) is 85.0 Å². The fourth-order valence-corrected chi connectivity index (χ4v) is 5.37. The van der Waals surface area contributed by atoms with Crippen LogP contribution in [-0.2, 0) is 17.6 Å². The lowest BCUT2D eigenvalue weighted by Gasteiger charge is -2.42. The zero-order chi connectivity index (χ0) is 25.2. The third-order valence-corrected chi connectivity index (χ3v) is 7.66. The Kier molecular flexibility index (Phi) is 7.01. The van der Waals surface area contributed by atoms with Gasteiger partial charge in [0.15, 0.2) is 11.5 Å². The number of hydrogen-bond donors (Lipinski definition) is 1. The molecule has 0 saturated heterocycles. The van der Waals surface area contributed by atoms with Crippen LogP contribution in [0, 0.1) is 13.8 Å². The second-order valence-corrected chi connectivity index (χ2v) is 10.1. The first-order valence-electron chi connectivity index (χ1n) is 12.9. The highest BCUT2D eigenvalue weighted by molar-refractivity contribution is 5.84. The number of benzene rings is 3. The largest absolute Gasteiger partial charge is 0.493 e. The lowest BCUT2D eigenvalue weighted by Crippen LogP contribution is -2.46. The van der Waals surface area contributed by atoms with Crippen LogP contribution in [0.25, 0.3) is 0 Å². The molecule has 0 bridgehead atoms. The van der Waals surface area contributed by atoms with Crippen LogP contribution in [0.2, 0.25) is 0 Å². The molecule has 3 aromatic rings. The van der Waals surface area contributed by atoms with E-state index in [0.29, 0.717) is 6.04 Å². The van der Waals surface area contributed by atoms with Crippen LogP contribution in [0.3, 0.4) is 0 Å². The van der Waals surface area contributed by atoms with Crippen molar-refractivity contribution in [1.29, 1.82) is 0 Å². The highest BCUT2D eigenvalue weighted by atomic mass is 16.5. The number of nitrogens with one attached hydrogen (secondary N) is 1. The van der Waals surface area contributed by atoms with Crippen LogP contribution in [0.15, 0.2) is 60.7 Å². The highest BCUT2D eigenvalue weighted by Crippen LogP contribution is 2.43. The Morgan fingerprint density at radius 2 is 1.69 bits per heavy atom. The molecule has 1 amide bonds. The van der Waals surface area contributed by atoms with Crippen molar-refractivity contribution in [2.75, 3.05) is 20.8 Å². The molecule has 3 aromatic carbocycles.